The molecule has 0 bridgehead atoms. The molecule has 1 aliphatic rings. The Morgan fingerprint density at radius 3 is 2.65 bits per heavy atom. The Labute approximate surface area is 103 Å². The second-order valence-corrected chi connectivity index (χ2v) is 3.95. The summed E-state index contributed by atoms with van der Waals surface area (Å²) in [4.78, 5) is 12.0. The second-order valence-electron chi connectivity index (χ2n) is 3.95. The summed E-state index contributed by atoms with van der Waals surface area (Å²) in [5.41, 5.74) is 0.370. The van der Waals surface area contributed by atoms with E-state index in [0.717, 1.165) is 18.8 Å². The Kier molecular flexibility index (Phi) is 5.22. The van der Waals surface area contributed by atoms with E-state index in [1.807, 2.05) is 39.0 Å². The molecule has 4 nitrogen and oxygen atoms in total. The van der Waals surface area contributed by atoms with Gasteiger partial charge in [-0.15, -0.1) is 0 Å². The molecule has 0 unspecified atom stereocenters. The van der Waals surface area contributed by atoms with Crippen LogP contribution in [0.15, 0.2) is 23.9 Å². The first-order chi connectivity index (χ1) is 8.18. The molecule has 4 heteroatoms. The third-order valence-electron chi connectivity index (χ3n) is 2.70. The van der Waals surface area contributed by atoms with E-state index >= 15 is 0 Å². The van der Waals surface area contributed by atoms with Gasteiger partial charge in [0.15, 0.2) is 0 Å². The summed E-state index contributed by atoms with van der Waals surface area (Å²) < 4.78 is 5.13. The Balaban J connectivity index is 2.77. The smallest absolute Gasteiger partial charge is 0.330 e. The lowest BCUT2D eigenvalue weighted by Crippen LogP contribution is -2.52. The largest absolute Gasteiger partial charge is 0.464 e. The minimum Gasteiger partial charge on any atom is -0.464 e. The van der Waals surface area contributed by atoms with E-state index in [4.69, 9.17) is 4.74 Å². The van der Waals surface area contributed by atoms with Gasteiger partial charge in [0, 0.05) is 18.7 Å². The van der Waals surface area contributed by atoms with E-state index in [1.54, 1.807) is 0 Å². The molecule has 1 rings (SSSR count). The van der Waals surface area contributed by atoms with Gasteiger partial charge in [-0.1, -0.05) is 19.1 Å². The molecule has 0 heterocycles. The van der Waals surface area contributed by atoms with Crippen LogP contribution in [0.2, 0.25) is 0 Å². The fourth-order valence-electron chi connectivity index (χ4n) is 1.90. The zero-order valence-electron chi connectivity index (χ0n) is 10.9. The number of rotatable bonds is 6. The molecule has 2 N–H and O–H groups in total. The summed E-state index contributed by atoms with van der Waals surface area (Å²) in [5.74, 6) is -0.204. The number of hydrogen-bond acceptors (Lipinski definition) is 4. The van der Waals surface area contributed by atoms with Crippen LogP contribution in [0.3, 0.4) is 0 Å². The topological polar surface area (TPSA) is 50.4 Å². The molecule has 1 aliphatic carbocycles. The van der Waals surface area contributed by atoms with E-state index in [2.05, 4.69) is 10.6 Å². The van der Waals surface area contributed by atoms with E-state index < -0.39 is 5.54 Å². The number of nitrogens with one attached hydrogen (secondary N) is 2. The van der Waals surface area contributed by atoms with Crippen molar-refractivity contribution in [3.05, 3.63) is 23.9 Å². The number of esters is 1. The van der Waals surface area contributed by atoms with Crippen molar-refractivity contribution >= 4 is 5.97 Å². The highest BCUT2D eigenvalue weighted by atomic mass is 16.5. The van der Waals surface area contributed by atoms with Crippen LogP contribution in [-0.2, 0) is 9.53 Å². The molecule has 0 radical (unpaired) electrons. The fourth-order valence-corrected chi connectivity index (χ4v) is 1.90. The fraction of sp³-hybridized carbons (Fsp3) is 0.615. The Hall–Kier alpha value is -1.29. The van der Waals surface area contributed by atoms with Gasteiger partial charge in [0.05, 0.1) is 6.61 Å². The highest BCUT2D eigenvalue weighted by molar-refractivity contribution is 5.84. The molecule has 0 spiro atoms. The molecule has 0 aromatic rings. The summed E-state index contributed by atoms with van der Waals surface area (Å²) in [5, 5.41) is 6.44. The molecule has 0 amide bonds. The zero-order chi connectivity index (χ0) is 12.7. The molecule has 17 heavy (non-hydrogen) atoms. The van der Waals surface area contributed by atoms with E-state index in [-0.39, 0.29) is 5.97 Å². The molecule has 0 fully saturated rings. The number of allylic oxidation sites excluding steroid dienone is 1. The lowest BCUT2D eigenvalue weighted by Gasteiger charge is -2.30. The average molecular weight is 238 g/mol. The first-order valence-electron chi connectivity index (χ1n) is 6.24. The third-order valence-corrected chi connectivity index (χ3v) is 2.70. The van der Waals surface area contributed by atoms with Gasteiger partial charge in [-0.05, 0) is 26.5 Å². The Bertz CT molecular complexity index is 323. The standard InChI is InChI=1S/C13H22N2O2/c1-4-14-11-7-9-13(10-8-11,15-5-2)12(16)17-6-3/h7-9,14-15H,4-6,10H2,1-3H3/t13-/m0/s1. The van der Waals surface area contributed by atoms with Gasteiger partial charge in [0.1, 0.15) is 5.54 Å². The van der Waals surface area contributed by atoms with E-state index in [1.165, 1.54) is 0 Å². The molecule has 1 atom stereocenters. The van der Waals surface area contributed by atoms with Crippen LogP contribution in [-0.4, -0.2) is 31.2 Å². The van der Waals surface area contributed by atoms with Gasteiger partial charge in [-0.2, -0.15) is 0 Å². The molecule has 0 aromatic carbocycles. The summed E-state index contributed by atoms with van der Waals surface area (Å²) in [6, 6.07) is 0. The van der Waals surface area contributed by atoms with Gasteiger partial charge >= 0.3 is 5.97 Å². The predicted molar refractivity (Wildman–Crippen MR) is 68.6 cm³/mol. The van der Waals surface area contributed by atoms with Crippen molar-refractivity contribution in [1.82, 2.24) is 10.6 Å². The summed E-state index contributed by atoms with van der Waals surface area (Å²) in [6.45, 7) is 7.87. The highest BCUT2D eigenvalue weighted by Gasteiger charge is 2.37. The van der Waals surface area contributed by atoms with E-state index in [0.29, 0.717) is 13.0 Å². The lowest BCUT2D eigenvalue weighted by molar-refractivity contribution is -0.149. The molecule has 0 saturated heterocycles. The first kappa shape index (κ1) is 13.8. The maximum Gasteiger partial charge on any atom is 0.330 e. The van der Waals surface area contributed by atoms with E-state index in [9.17, 15) is 4.79 Å². The van der Waals surface area contributed by atoms with Gasteiger partial charge in [-0.25, -0.2) is 4.79 Å². The predicted octanol–water partition coefficient (Wildman–Crippen LogP) is 1.35. The van der Waals surface area contributed by atoms with Crippen LogP contribution in [0.4, 0.5) is 0 Å². The van der Waals surface area contributed by atoms with Crippen molar-refractivity contribution in [3.8, 4) is 0 Å². The van der Waals surface area contributed by atoms with Gasteiger partial charge in [-0.3, -0.25) is 5.32 Å². The van der Waals surface area contributed by atoms with Gasteiger partial charge < -0.3 is 10.1 Å². The van der Waals surface area contributed by atoms with Crippen LogP contribution >= 0.6 is 0 Å². The summed E-state index contributed by atoms with van der Waals surface area (Å²) >= 11 is 0. The normalized spacial score (nSPS) is 23.1. The second kappa shape index (κ2) is 6.45. The molecule has 0 aromatic heterocycles. The van der Waals surface area contributed by atoms with Crippen LogP contribution in [0, 0.1) is 0 Å². The van der Waals surface area contributed by atoms with Crippen molar-refractivity contribution < 1.29 is 9.53 Å². The number of ether oxygens (including phenoxy) is 1. The monoisotopic (exact) mass is 238 g/mol. The summed E-state index contributed by atoms with van der Waals surface area (Å²) in [6.07, 6.45) is 6.49. The number of carbonyl (C=O) groups is 1. The van der Waals surface area contributed by atoms with Gasteiger partial charge in [0.25, 0.3) is 0 Å². The molecule has 0 saturated carbocycles. The van der Waals surface area contributed by atoms with Crippen LogP contribution in [0.1, 0.15) is 27.2 Å². The van der Waals surface area contributed by atoms with Crippen molar-refractivity contribution in [2.24, 2.45) is 0 Å². The maximum atomic E-state index is 12.0. The molecule has 0 aliphatic heterocycles. The minimum atomic E-state index is -0.691. The zero-order valence-corrected chi connectivity index (χ0v) is 10.9. The Morgan fingerprint density at radius 1 is 1.41 bits per heavy atom. The quantitative estimate of drug-likeness (QED) is 0.686. The van der Waals surface area contributed by atoms with Crippen molar-refractivity contribution in [1.29, 1.82) is 0 Å². The maximum absolute atomic E-state index is 12.0. The van der Waals surface area contributed by atoms with Crippen molar-refractivity contribution in [2.75, 3.05) is 19.7 Å². The molecular formula is C13H22N2O2. The highest BCUT2D eigenvalue weighted by Crippen LogP contribution is 2.21. The van der Waals surface area contributed by atoms with Crippen LogP contribution in [0.5, 0.6) is 0 Å². The van der Waals surface area contributed by atoms with Crippen molar-refractivity contribution in [2.45, 2.75) is 32.7 Å². The molecule has 96 valence electrons. The number of carbonyl (C=O) groups excluding carboxylic acids is 1. The number of likely N-dealkylation sites (N-methyl/N-ethyl adjacent to an activating group) is 2. The number of hydrogen-bond donors (Lipinski definition) is 2. The third kappa shape index (κ3) is 3.33. The van der Waals surface area contributed by atoms with Crippen LogP contribution < -0.4 is 10.6 Å². The average Bonchev–Trinajstić information content (AvgIpc) is 2.33. The first-order valence-corrected chi connectivity index (χ1v) is 6.24. The van der Waals surface area contributed by atoms with Crippen LogP contribution in [0.25, 0.3) is 0 Å². The SMILES string of the molecule is CCNC1=CC[C@](NCC)(C(=O)OCC)C=C1. The molecular weight excluding hydrogens is 216 g/mol. The Morgan fingerprint density at radius 2 is 2.18 bits per heavy atom. The lowest BCUT2D eigenvalue weighted by atomic mass is 9.90. The van der Waals surface area contributed by atoms with Crippen molar-refractivity contribution in [3.63, 3.8) is 0 Å². The minimum absolute atomic E-state index is 0.204. The summed E-state index contributed by atoms with van der Waals surface area (Å²) in [7, 11) is 0. The van der Waals surface area contributed by atoms with Gasteiger partial charge in [0.2, 0.25) is 0 Å².